The molecule has 29 heavy (non-hydrogen) atoms. The van der Waals surface area contributed by atoms with Crippen LogP contribution in [0.5, 0.6) is 0 Å². The number of nitrogen functional groups attached to an aromatic ring is 1. The zero-order chi connectivity index (χ0) is 21.1. The monoisotopic (exact) mass is 437 g/mol. The fourth-order valence-corrected chi connectivity index (χ4v) is 3.00. The van der Waals surface area contributed by atoms with Crippen LogP contribution in [0.15, 0.2) is 15.8 Å². The molecule has 0 spiro atoms. The van der Waals surface area contributed by atoms with Crippen molar-refractivity contribution in [2.45, 2.75) is 25.6 Å². The minimum atomic E-state index is -0.766. The van der Waals surface area contributed by atoms with Crippen LogP contribution in [0.2, 0.25) is 5.02 Å². The van der Waals surface area contributed by atoms with Crippen molar-refractivity contribution in [3.8, 4) is 0 Å². The molecule has 3 rings (SSSR count). The number of anilines is 1. The molecular formula is C17H16ClN5O5S. The molecule has 0 aliphatic carbocycles. The van der Waals surface area contributed by atoms with E-state index in [0.29, 0.717) is 10.9 Å². The minimum absolute atomic E-state index is 0.00527. The Morgan fingerprint density at radius 3 is 2.69 bits per heavy atom. The normalized spacial score (nSPS) is 10.9. The van der Waals surface area contributed by atoms with Gasteiger partial charge in [-0.05, 0) is 20.1 Å². The second-order valence-electron chi connectivity index (χ2n) is 5.59. The van der Waals surface area contributed by atoms with E-state index in [9.17, 15) is 9.59 Å². The zero-order valence-corrected chi connectivity index (χ0v) is 17.3. The number of nitrogens with zero attached hydrogens (tertiary/aromatic N) is 4. The Bertz CT molecular complexity index is 1100. The lowest BCUT2D eigenvalue weighted by Crippen LogP contribution is -2.12. The first-order chi connectivity index (χ1) is 13.8. The third-order valence-corrected chi connectivity index (χ3v) is 4.55. The van der Waals surface area contributed by atoms with E-state index in [1.54, 1.807) is 20.1 Å². The van der Waals surface area contributed by atoms with Crippen molar-refractivity contribution >= 4 is 52.2 Å². The Hall–Kier alpha value is -2.92. The number of furan rings is 1. The number of rotatable bonds is 6. The van der Waals surface area contributed by atoms with Gasteiger partial charge in [0.1, 0.15) is 17.1 Å². The fourth-order valence-electron chi connectivity index (χ4n) is 2.49. The van der Waals surface area contributed by atoms with Crippen LogP contribution in [0.4, 0.5) is 5.82 Å². The molecule has 152 valence electrons. The molecule has 3 aromatic heterocycles. The van der Waals surface area contributed by atoms with E-state index in [1.165, 1.54) is 18.0 Å². The summed E-state index contributed by atoms with van der Waals surface area (Å²) in [4.78, 5) is 40.7. The topological polar surface area (TPSA) is 143 Å². The molecule has 3 heterocycles. The molecule has 0 aliphatic heterocycles. The Kier molecular flexibility index (Phi) is 6.18. The summed E-state index contributed by atoms with van der Waals surface area (Å²) in [5, 5.41) is 0.685. The van der Waals surface area contributed by atoms with Crippen molar-refractivity contribution < 1.29 is 23.5 Å². The Morgan fingerprint density at radius 1 is 1.24 bits per heavy atom. The molecule has 0 amide bonds. The van der Waals surface area contributed by atoms with Crippen molar-refractivity contribution in [1.29, 1.82) is 0 Å². The van der Waals surface area contributed by atoms with Gasteiger partial charge in [0.25, 0.3) is 0 Å². The van der Waals surface area contributed by atoms with E-state index >= 15 is 0 Å². The smallest absolute Gasteiger partial charge is 0.359 e. The largest absolute Gasteiger partial charge is 0.462 e. The molecule has 0 saturated heterocycles. The quantitative estimate of drug-likeness (QED) is 0.345. The SMILES string of the molecule is CCOC(=O)c1c(C)oc2nc(COC(=O)c3nc(SC)ncc3Cl)nc(N)c12. The van der Waals surface area contributed by atoms with Gasteiger partial charge in [-0.1, -0.05) is 23.4 Å². The molecule has 0 saturated carbocycles. The maximum absolute atomic E-state index is 12.3. The Morgan fingerprint density at radius 2 is 2.00 bits per heavy atom. The second kappa shape index (κ2) is 8.62. The number of carbonyl (C=O) groups is 2. The van der Waals surface area contributed by atoms with E-state index in [1.807, 2.05) is 0 Å². The van der Waals surface area contributed by atoms with Gasteiger partial charge < -0.3 is 19.6 Å². The van der Waals surface area contributed by atoms with Gasteiger partial charge in [-0.25, -0.2) is 24.5 Å². The average Bonchev–Trinajstić information content (AvgIpc) is 3.03. The molecule has 0 fully saturated rings. The molecule has 3 aromatic rings. The molecule has 10 nitrogen and oxygen atoms in total. The zero-order valence-electron chi connectivity index (χ0n) is 15.7. The first-order valence-electron chi connectivity index (χ1n) is 8.31. The summed E-state index contributed by atoms with van der Waals surface area (Å²) in [5.41, 5.74) is 6.17. The van der Waals surface area contributed by atoms with E-state index in [4.69, 9.17) is 31.2 Å². The van der Waals surface area contributed by atoms with Gasteiger partial charge in [-0.2, -0.15) is 4.98 Å². The molecule has 0 aliphatic rings. The van der Waals surface area contributed by atoms with Crippen molar-refractivity contribution in [3.05, 3.63) is 34.1 Å². The summed E-state index contributed by atoms with van der Waals surface area (Å²) in [6.45, 7) is 3.17. The molecular weight excluding hydrogens is 422 g/mol. The number of aromatic nitrogens is 4. The third kappa shape index (κ3) is 4.25. The average molecular weight is 438 g/mol. The first kappa shape index (κ1) is 20.8. The summed E-state index contributed by atoms with van der Waals surface area (Å²) >= 11 is 7.22. The number of carbonyl (C=O) groups excluding carboxylic acids is 2. The molecule has 0 unspecified atom stereocenters. The van der Waals surface area contributed by atoms with Crippen molar-refractivity contribution in [2.75, 3.05) is 18.6 Å². The van der Waals surface area contributed by atoms with Crippen LogP contribution in [-0.4, -0.2) is 44.7 Å². The number of ether oxygens (including phenoxy) is 2. The maximum Gasteiger partial charge on any atom is 0.359 e. The van der Waals surface area contributed by atoms with Gasteiger partial charge in [0, 0.05) is 0 Å². The van der Waals surface area contributed by atoms with Crippen LogP contribution in [0.3, 0.4) is 0 Å². The minimum Gasteiger partial charge on any atom is -0.462 e. The molecule has 0 atom stereocenters. The third-order valence-electron chi connectivity index (χ3n) is 3.71. The number of thioether (sulfide) groups is 1. The predicted octanol–water partition coefficient (Wildman–Crippen LogP) is 2.81. The highest BCUT2D eigenvalue weighted by molar-refractivity contribution is 7.98. The van der Waals surface area contributed by atoms with Gasteiger partial charge >= 0.3 is 11.9 Å². The van der Waals surface area contributed by atoms with E-state index in [0.717, 1.165) is 0 Å². The van der Waals surface area contributed by atoms with E-state index < -0.39 is 11.9 Å². The van der Waals surface area contributed by atoms with E-state index in [2.05, 4.69) is 19.9 Å². The lowest BCUT2D eigenvalue weighted by atomic mass is 10.2. The highest BCUT2D eigenvalue weighted by Crippen LogP contribution is 2.29. The molecule has 2 N–H and O–H groups in total. The fraction of sp³-hybridized carbons (Fsp3) is 0.294. The van der Waals surface area contributed by atoms with Gasteiger partial charge in [-0.15, -0.1) is 0 Å². The molecule has 0 bridgehead atoms. The number of hydrogen-bond donors (Lipinski definition) is 1. The highest BCUT2D eigenvalue weighted by atomic mass is 35.5. The van der Waals surface area contributed by atoms with E-state index in [-0.39, 0.29) is 52.2 Å². The van der Waals surface area contributed by atoms with Crippen LogP contribution >= 0.6 is 23.4 Å². The van der Waals surface area contributed by atoms with Crippen LogP contribution in [0, 0.1) is 6.92 Å². The summed E-state index contributed by atoms with van der Waals surface area (Å²) in [6, 6.07) is 0. The van der Waals surface area contributed by atoms with Gasteiger partial charge in [-0.3, -0.25) is 0 Å². The van der Waals surface area contributed by atoms with Gasteiger partial charge in [0.05, 0.1) is 23.2 Å². The van der Waals surface area contributed by atoms with Crippen molar-refractivity contribution in [2.24, 2.45) is 0 Å². The van der Waals surface area contributed by atoms with Crippen LogP contribution in [0.1, 0.15) is 39.4 Å². The highest BCUT2D eigenvalue weighted by Gasteiger charge is 2.24. The Balaban J connectivity index is 1.85. The maximum atomic E-state index is 12.3. The van der Waals surface area contributed by atoms with Crippen molar-refractivity contribution in [3.63, 3.8) is 0 Å². The summed E-state index contributed by atoms with van der Waals surface area (Å²) in [5.74, 6) is -0.960. The molecule has 0 radical (unpaired) electrons. The van der Waals surface area contributed by atoms with Crippen LogP contribution in [0.25, 0.3) is 11.1 Å². The van der Waals surface area contributed by atoms with Crippen molar-refractivity contribution in [1.82, 2.24) is 19.9 Å². The number of esters is 2. The number of halogens is 1. The molecule has 12 heteroatoms. The first-order valence-corrected chi connectivity index (χ1v) is 9.92. The lowest BCUT2D eigenvalue weighted by molar-refractivity contribution is 0.0453. The lowest BCUT2D eigenvalue weighted by Gasteiger charge is -2.06. The Labute approximate surface area is 174 Å². The summed E-state index contributed by atoms with van der Waals surface area (Å²) < 4.78 is 15.7. The van der Waals surface area contributed by atoms with Gasteiger partial charge in [0.2, 0.25) is 5.71 Å². The number of aryl methyl sites for hydroxylation is 1. The second-order valence-corrected chi connectivity index (χ2v) is 6.77. The number of fused-ring (bicyclic) bond motifs is 1. The van der Waals surface area contributed by atoms with Crippen LogP contribution < -0.4 is 5.73 Å². The standard InChI is InChI=1S/C17H16ClN5O5S/c1-4-26-15(24)10-7(2)28-14-11(10)13(19)21-9(22-14)6-27-16(25)12-8(18)5-20-17(23-12)29-3/h5H,4,6H2,1-3H3,(H2,19,21,22). The van der Waals surface area contributed by atoms with Gasteiger partial charge in [0.15, 0.2) is 23.3 Å². The van der Waals surface area contributed by atoms with Crippen LogP contribution in [-0.2, 0) is 16.1 Å². The summed E-state index contributed by atoms with van der Waals surface area (Å²) in [6.07, 6.45) is 3.08. The predicted molar refractivity (Wildman–Crippen MR) is 105 cm³/mol. The number of hydrogen-bond acceptors (Lipinski definition) is 11. The number of nitrogens with two attached hydrogens (primary N) is 1. The molecule has 0 aromatic carbocycles. The summed E-state index contributed by atoms with van der Waals surface area (Å²) in [7, 11) is 0.